The summed E-state index contributed by atoms with van der Waals surface area (Å²) in [6.07, 6.45) is 9.12. The molecule has 0 radical (unpaired) electrons. The lowest BCUT2D eigenvalue weighted by atomic mass is 10.1. The molecule has 0 aromatic heterocycles. The van der Waals surface area contributed by atoms with Gasteiger partial charge in [0.25, 0.3) is 0 Å². The summed E-state index contributed by atoms with van der Waals surface area (Å²) in [6, 6.07) is 6.17. The van der Waals surface area contributed by atoms with Crippen LogP contribution in [0.25, 0.3) is 0 Å². The molecular formula is C17H25NO2. The van der Waals surface area contributed by atoms with Gasteiger partial charge in [0.05, 0.1) is 7.11 Å². The Balaban J connectivity index is 2.05. The number of ether oxygens (including phenoxy) is 2. The third-order valence-corrected chi connectivity index (χ3v) is 3.47. The molecule has 1 aromatic rings. The van der Waals surface area contributed by atoms with Crippen molar-refractivity contribution in [2.45, 2.75) is 45.3 Å². The summed E-state index contributed by atoms with van der Waals surface area (Å²) in [5, 5.41) is 3.41. The Bertz CT molecular complexity index is 443. The van der Waals surface area contributed by atoms with Gasteiger partial charge in [-0.3, -0.25) is 0 Å². The molecule has 0 aliphatic heterocycles. The van der Waals surface area contributed by atoms with Crippen LogP contribution in [0.1, 0.15) is 38.2 Å². The van der Waals surface area contributed by atoms with Crippen molar-refractivity contribution in [3.05, 3.63) is 35.9 Å². The third-order valence-electron chi connectivity index (χ3n) is 3.47. The van der Waals surface area contributed by atoms with Gasteiger partial charge in [-0.25, -0.2) is 0 Å². The van der Waals surface area contributed by atoms with Crippen molar-refractivity contribution in [1.82, 2.24) is 5.32 Å². The molecule has 0 bridgehead atoms. The number of methoxy groups -OCH3 is 1. The molecule has 0 saturated carbocycles. The smallest absolute Gasteiger partial charge is 0.162 e. The topological polar surface area (TPSA) is 30.5 Å². The first-order valence-electron chi connectivity index (χ1n) is 7.54. The summed E-state index contributed by atoms with van der Waals surface area (Å²) in [5.74, 6) is 1.66. The summed E-state index contributed by atoms with van der Waals surface area (Å²) >= 11 is 0. The van der Waals surface area contributed by atoms with E-state index in [0.29, 0.717) is 0 Å². The lowest BCUT2D eigenvalue weighted by molar-refractivity contribution is 0.219. The van der Waals surface area contributed by atoms with Crippen LogP contribution >= 0.6 is 0 Å². The molecule has 0 spiro atoms. The van der Waals surface area contributed by atoms with E-state index in [1.165, 1.54) is 12.0 Å². The molecule has 110 valence electrons. The van der Waals surface area contributed by atoms with Gasteiger partial charge in [0.15, 0.2) is 11.5 Å². The highest BCUT2D eigenvalue weighted by molar-refractivity contribution is 5.43. The van der Waals surface area contributed by atoms with Crippen LogP contribution in [-0.4, -0.2) is 19.8 Å². The molecule has 1 unspecified atom stereocenters. The molecular weight excluding hydrogens is 250 g/mol. The molecule has 1 aromatic carbocycles. The quantitative estimate of drug-likeness (QED) is 0.608. The summed E-state index contributed by atoms with van der Waals surface area (Å²) in [6.45, 7) is 4.08. The van der Waals surface area contributed by atoms with Gasteiger partial charge in [-0.2, -0.15) is 0 Å². The Kier molecular flexibility index (Phi) is 5.93. The minimum absolute atomic E-state index is 0.177. The van der Waals surface area contributed by atoms with E-state index < -0.39 is 0 Å². The van der Waals surface area contributed by atoms with Crippen LogP contribution in [0.5, 0.6) is 11.5 Å². The van der Waals surface area contributed by atoms with Gasteiger partial charge in [-0.05, 0) is 56.0 Å². The summed E-state index contributed by atoms with van der Waals surface area (Å²) in [4.78, 5) is 0. The molecule has 2 rings (SSSR count). The number of nitrogens with one attached hydrogen (secondary N) is 1. The highest BCUT2D eigenvalue weighted by atomic mass is 16.5. The van der Waals surface area contributed by atoms with Crippen LogP contribution in [0, 0.1) is 0 Å². The van der Waals surface area contributed by atoms with Crippen LogP contribution in [0.4, 0.5) is 0 Å². The largest absolute Gasteiger partial charge is 0.493 e. The average Bonchev–Trinajstić information content (AvgIpc) is 2.49. The first-order valence-corrected chi connectivity index (χ1v) is 7.54. The molecule has 1 aliphatic rings. The Morgan fingerprint density at radius 2 is 2.20 bits per heavy atom. The lowest BCUT2D eigenvalue weighted by Crippen LogP contribution is -2.17. The number of hydrogen-bond acceptors (Lipinski definition) is 3. The molecule has 1 N–H and O–H groups in total. The normalized spacial score (nSPS) is 18.0. The van der Waals surface area contributed by atoms with E-state index in [1.807, 2.05) is 6.07 Å². The number of hydrogen-bond donors (Lipinski definition) is 1. The Morgan fingerprint density at radius 3 is 2.90 bits per heavy atom. The van der Waals surface area contributed by atoms with E-state index >= 15 is 0 Å². The zero-order valence-corrected chi connectivity index (χ0v) is 12.5. The summed E-state index contributed by atoms with van der Waals surface area (Å²) in [5.41, 5.74) is 1.23. The maximum Gasteiger partial charge on any atom is 0.162 e. The molecule has 0 fully saturated rings. The van der Waals surface area contributed by atoms with E-state index in [4.69, 9.17) is 9.47 Å². The fourth-order valence-corrected chi connectivity index (χ4v) is 2.38. The molecule has 3 nitrogen and oxygen atoms in total. The van der Waals surface area contributed by atoms with Crippen LogP contribution in [0.2, 0.25) is 0 Å². The zero-order chi connectivity index (χ0) is 14.2. The number of allylic oxidation sites excluding steroid dienone is 1. The van der Waals surface area contributed by atoms with Crippen LogP contribution in [0.3, 0.4) is 0 Å². The van der Waals surface area contributed by atoms with Crippen molar-refractivity contribution >= 4 is 0 Å². The van der Waals surface area contributed by atoms with Crippen LogP contribution < -0.4 is 14.8 Å². The number of benzene rings is 1. The first kappa shape index (κ1) is 14.9. The van der Waals surface area contributed by atoms with Crippen molar-refractivity contribution < 1.29 is 9.47 Å². The minimum atomic E-state index is 0.177. The van der Waals surface area contributed by atoms with Gasteiger partial charge in [0, 0.05) is 6.54 Å². The first-order chi connectivity index (χ1) is 9.83. The molecule has 1 aliphatic carbocycles. The molecule has 20 heavy (non-hydrogen) atoms. The Labute approximate surface area is 122 Å². The fraction of sp³-hybridized carbons (Fsp3) is 0.529. The van der Waals surface area contributed by atoms with Gasteiger partial charge in [-0.1, -0.05) is 19.1 Å². The van der Waals surface area contributed by atoms with Crippen LogP contribution in [-0.2, 0) is 6.54 Å². The van der Waals surface area contributed by atoms with E-state index in [9.17, 15) is 0 Å². The van der Waals surface area contributed by atoms with E-state index in [1.54, 1.807) is 7.11 Å². The van der Waals surface area contributed by atoms with Gasteiger partial charge in [-0.15, -0.1) is 0 Å². The van der Waals surface area contributed by atoms with Crippen molar-refractivity contribution in [2.24, 2.45) is 0 Å². The second-order valence-electron chi connectivity index (χ2n) is 5.18. The van der Waals surface area contributed by atoms with Crippen molar-refractivity contribution in [2.75, 3.05) is 13.7 Å². The maximum atomic E-state index is 6.08. The third kappa shape index (κ3) is 4.27. The predicted molar refractivity (Wildman–Crippen MR) is 82.4 cm³/mol. The average molecular weight is 275 g/mol. The lowest BCUT2D eigenvalue weighted by Gasteiger charge is -2.20. The Morgan fingerprint density at radius 1 is 1.30 bits per heavy atom. The standard InChI is InChI=1S/C17H25NO2/c1-3-11-18-13-14-9-10-16(19-2)17(12-14)20-15-7-5-4-6-8-15/h5,7,9-10,12,15,18H,3-4,6,8,11,13H2,1-2H3. The van der Waals surface area contributed by atoms with E-state index in [2.05, 4.69) is 36.5 Å². The second-order valence-corrected chi connectivity index (χ2v) is 5.18. The van der Waals surface area contributed by atoms with Gasteiger partial charge in [0.2, 0.25) is 0 Å². The molecule has 1 atom stereocenters. The highest BCUT2D eigenvalue weighted by Crippen LogP contribution is 2.30. The van der Waals surface area contributed by atoms with Gasteiger partial charge >= 0.3 is 0 Å². The molecule has 0 heterocycles. The maximum absolute atomic E-state index is 6.08. The van der Waals surface area contributed by atoms with Gasteiger partial charge < -0.3 is 14.8 Å². The monoisotopic (exact) mass is 275 g/mol. The van der Waals surface area contributed by atoms with Crippen LogP contribution in [0.15, 0.2) is 30.4 Å². The van der Waals surface area contributed by atoms with Crippen molar-refractivity contribution in [1.29, 1.82) is 0 Å². The SMILES string of the molecule is CCCNCc1ccc(OC)c(OC2C=CCCC2)c1. The van der Waals surface area contributed by atoms with Crippen molar-refractivity contribution in [3.8, 4) is 11.5 Å². The second kappa shape index (κ2) is 7.95. The number of rotatable bonds is 7. The van der Waals surface area contributed by atoms with Gasteiger partial charge in [0.1, 0.15) is 6.10 Å². The molecule has 0 saturated heterocycles. The molecule has 3 heteroatoms. The zero-order valence-electron chi connectivity index (χ0n) is 12.5. The molecule has 0 amide bonds. The Hall–Kier alpha value is -1.48. The predicted octanol–water partition coefficient (Wildman–Crippen LogP) is 3.68. The summed E-state index contributed by atoms with van der Waals surface area (Å²) in [7, 11) is 1.69. The van der Waals surface area contributed by atoms with E-state index in [0.717, 1.165) is 43.9 Å². The fourth-order valence-electron chi connectivity index (χ4n) is 2.38. The minimum Gasteiger partial charge on any atom is -0.493 e. The van der Waals surface area contributed by atoms with E-state index in [-0.39, 0.29) is 6.10 Å². The summed E-state index contributed by atoms with van der Waals surface area (Å²) < 4.78 is 11.5. The highest BCUT2D eigenvalue weighted by Gasteiger charge is 2.13. The van der Waals surface area contributed by atoms with Crippen molar-refractivity contribution in [3.63, 3.8) is 0 Å².